The number of likely N-dealkylation sites (tertiary alicyclic amines) is 1. The number of benzene rings is 3. The summed E-state index contributed by atoms with van der Waals surface area (Å²) in [7, 11) is 0. The summed E-state index contributed by atoms with van der Waals surface area (Å²) in [6.45, 7) is 4.03. The molecule has 3 aromatic carbocycles. The molecule has 7 nitrogen and oxygen atoms in total. The van der Waals surface area contributed by atoms with Gasteiger partial charge in [0.25, 0.3) is 0 Å². The molecule has 1 saturated heterocycles. The average Bonchev–Trinajstić information content (AvgIpc) is 2.90. The molecule has 1 fully saturated rings. The maximum Gasteiger partial charge on any atom is 0.408 e. The predicted octanol–water partition coefficient (Wildman–Crippen LogP) is 4.21. The SMILES string of the molecule is C[C@H](NC(=O)OCc1ccccc1)C(=O)N[C@@H](C)[C@H]1C(=O)N(Cc2ccccc2)[C@@H]1c1ccccc1. The number of nitrogens with one attached hydrogen (secondary N) is 2. The molecule has 4 rings (SSSR count). The number of amides is 3. The van der Waals surface area contributed by atoms with Gasteiger partial charge in [-0.05, 0) is 30.5 Å². The van der Waals surface area contributed by atoms with Crippen LogP contribution < -0.4 is 10.6 Å². The molecule has 0 bridgehead atoms. The van der Waals surface area contributed by atoms with Crippen LogP contribution in [-0.4, -0.2) is 34.9 Å². The molecule has 0 aromatic heterocycles. The second-order valence-corrected chi connectivity index (χ2v) is 9.06. The molecule has 3 aromatic rings. The van der Waals surface area contributed by atoms with Gasteiger partial charge in [-0.3, -0.25) is 9.59 Å². The van der Waals surface area contributed by atoms with Gasteiger partial charge in [-0.25, -0.2) is 4.79 Å². The van der Waals surface area contributed by atoms with Crippen molar-refractivity contribution in [3.8, 4) is 0 Å². The first-order valence-corrected chi connectivity index (χ1v) is 12.1. The topological polar surface area (TPSA) is 87.7 Å². The highest BCUT2D eigenvalue weighted by Gasteiger charge is 2.50. The van der Waals surface area contributed by atoms with E-state index in [2.05, 4.69) is 10.6 Å². The van der Waals surface area contributed by atoms with Gasteiger partial charge in [0.15, 0.2) is 0 Å². The molecular weight excluding hydrogens is 454 g/mol. The number of hydrogen-bond acceptors (Lipinski definition) is 4. The fraction of sp³-hybridized carbons (Fsp3) is 0.276. The van der Waals surface area contributed by atoms with Crippen molar-refractivity contribution in [3.05, 3.63) is 108 Å². The number of alkyl carbamates (subject to hydrolysis) is 1. The largest absolute Gasteiger partial charge is 0.445 e. The number of carbonyl (C=O) groups excluding carboxylic acids is 3. The summed E-state index contributed by atoms with van der Waals surface area (Å²) in [6, 6.07) is 27.6. The number of ether oxygens (including phenoxy) is 1. The Kier molecular flexibility index (Phi) is 8.00. The second-order valence-electron chi connectivity index (χ2n) is 9.06. The molecule has 0 spiro atoms. The Labute approximate surface area is 211 Å². The number of carbonyl (C=O) groups is 3. The summed E-state index contributed by atoms with van der Waals surface area (Å²) < 4.78 is 5.21. The predicted molar refractivity (Wildman–Crippen MR) is 136 cm³/mol. The zero-order valence-electron chi connectivity index (χ0n) is 20.5. The van der Waals surface area contributed by atoms with Gasteiger partial charge in [-0.2, -0.15) is 0 Å². The van der Waals surface area contributed by atoms with Crippen LogP contribution in [0.2, 0.25) is 0 Å². The number of nitrogens with zero attached hydrogens (tertiary/aromatic N) is 1. The van der Waals surface area contributed by atoms with Gasteiger partial charge in [0.1, 0.15) is 12.6 Å². The molecule has 186 valence electrons. The Morgan fingerprint density at radius 3 is 2.00 bits per heavy atom. The van der Waals surface area contributed by atoms with Crippen LogP contribution in [-0.2, 0) is 27.5 Å². The Hall–Kier alpha value is -4.13. The van der Waals surface area contributed by atoms with Crippen LogP contribution in [0.3, 0.4) is 0 Å². The van der Waals surface area contributed by atoms with Gasteiger partial charge in [0, 0.05) is 12.6 Å². The van der Waals surface area contributed by atoms with E-state index >= 15 is 0 Å². The molecule has 0 radical (unpaired) electrons. The summed E-state index contributed by atoms with van der Waals surface area (Å²) in [6.07, 6.45) is -0.676. The van der Waals surface area contributed by atoms with Gasteiger partial charge in [0.05, 0.1) is 12.0 Å². The van der Waals surface area contributed by atoms with E-state index in [9.17, 15) is 14.4 Å². The molecule has 0 aliphatic carbocycles. The van der Waals surface area contributed by atoms with Crippen LogP contribution in [0, 0.1) is 5.92 Å². The third kappa shape index (κ3) is 5.92. The molecule has 1 heterocycles. The van der Waals surface area contributed by atoms with Gasteiger partial charge in [-0.1, -0.05) is 91.0 Å². The lowest BCUT2D eigenvalue weighted by atomic mass is 9.77. The molecule has 3 amide bonds. The van der Waals surface area contributed by atoms with E-state index < -0.39 is 24.1 Å². The van der Waals surface area contributed by atoms with Crippen LogP contribution in [0.4, 0.5) is 4.79 Å². The van der Waals surface area contributed by atoms with E-state index in [4.69, 9.17) is 4.74 Å². The highest BCUT2D eigenvalue weighted by atomic mass is 16.5. The lowest BCUT2D eigenvalue weighted by Gasteiger charge is -2.50. The smallest absolute Gasteiger partial charge is 0.408 e. The fourth-order valence-corrected chi connectivity index (χ4v) is 4.50. The first-order chi connectivity index (χ1) is 17.4. The van der Waals surface area contributed by atoms with Crippen molar-refractivity contribution in [1.29, 1.82) is 0 Å². The van der Waals surface area contributed by atoms with Gasteiger partial charge >= 0.3 is 6.09 Å². The number of rotatable bonds is 9. The molecule has 1 aliphatic heterocycles. The quantitative estimate of drug-likeness (QED) is 0.445. The van der Waals surface area contributed by atoms with E-state index in [0.29, 0.717) is 6.54 Å². The Balaban J connectivity index is 1.36. The first-order valence-electron chi connectivity index (χ1n) is 12.1. The summed E-state index contributed by atoms with van der Waals surface area (Å²) in [4.78, 5) is 40.0. The van der Waals surface area contributed by atoms with E-state index in [-0.39, 0.29) is 24.5 Å². The normalized spacial score (nSPS) is 18.5. The van der Waals surface area contributed by atoms with Gasteiger partial charge < -0.3 is 20.3 Å². The number of hydrogen-bond donors (Lipinski definition) is 2. The van der Waals surface area contributed by atoms with Crippen LogP contribution in [0.25, 0.3) is 0 Å². The van der Waals surface area contributed by atoms with Crippen LogP contribution in [0.15, 0.2) is 91.0 Å². The summed E-state index contributed by atoms with van der Waals surface area (Å²) in [5.74, 6) is -0.791. The molecular formula is C29H31N3O4. The van der Waals surface area contributed by atoms with E-state index in [1.54, 1.807) is 6.92 Å². The van der Waals surface area contributed by atoms with Crippen LogP contribution >= 0.6 is 0 Å². The highest BCUT2D eigenvalue weighted by molar-refractivity contribution is 5.89. The van der Waals surface area contributed by atoms with Crippen LogP contribution in [0.5, 0.6) is 0 Å². The lowest BCUT2D eigenvalue weighted by Crippen LogP contribution is -2.62. The van der Waals surface area contributed by atoms with E-state index in [0.717, 1.165) is 16.7 Å². The van der Waals surface area contributed by atoms with Crippen molar-refractivity contribution < 1.29 is 19.1 Å². The monoisotopic (exact) mass is 485 g/mol. The molecule has 1 aliphatic rings. The third-order valence-corrected chi connectivity index (χ3v) is 6.43. The summed E-state index contributed by atoms with van der Waals surface area (Å²) in [5, 5.41) is 5.48. The minimum atomic E-state index is -0.818. The molecule has 2 N–H and O–H groups in total. The zero-order valence-corrected chi connectivity index (χ0v) is 20.5. The Bertz CT molecular complexity index is 1170. The third-order valence-electron chi connectivity index (χ3n) is 6.43. The Morgan fingerprint density at radius 1 is 0.833 bits per heavy atom. The Morgan fingerprint density at radius 2 is 1.39 bits per heavy atom. The van der Waals surface area contributed by atoms with Crippen molar-refractivity contribution in [2.24, 2.45) is 5.92 Å². The van der Waals surface area contributed by atoms with Crippen molar-refractivity contribution in [1.82, 2.24) is 15.5 Å². The second kappa shape index (κ2) is 11.5. The fourth-order valence-electron chi connectivity index (χ4n) is 4.50. The minimum Gasteiger partial charge on any atom is -0.445 e. The van der Waals surface area contributed by atoms with Crippen LogP contribution in [0.1, 0.15) is 36.6 Å². The standard InChI is InChI=1S/C29H31N3O4/c1-20(30-27(33)21(2)31-29(35)36-19-23-14-8-4-9-15-23)25-26(24-16-10-5-11-17-24)32(28(25)34)18-22-12-6-3-7-13-22/h3-17,20-21,25-26H,18-19H2,1-2H3,(H,30,33)(H,31,35)/t20-,21-,25+,26+/m0/s1. The van der Waals surface area contributed by atoms with Gasteiger partial charge in [0.2, 0.25) is 11.8 Å². The minimum absolute atomic E-state index is 0.0108. The zero-order chi connectivity index (χ0) is 25.5. The molecule has 4 atom stereocenters. The first kappa shape index (κ1) is 25.0. The average molecular weight is 486 g/mol. The molecule has 0 unspecified atom stereocenters. The summed E-state index contributed by atoms with van der Waals surface area (Å²) >= 11 is 0. The van der Waals surface area contributed by atoms with E-state index in [1.807, 2.05) is 103 Å². The maximum absolute atomic E-state index is 13.2. The van der Waals surface area contributed by atoms with Crippen molar-refractivity contribution in [2.45, 2.75) is 45.1 Å². The maximum atomic E-state index is 13.2. The molecule has 0 saturated carbocycles. The summed E-state index contributed by atoms with van der Waals surface area (Å²) in [5.41, 5.74) is 2.93. The van der Waals surface area contributed by atoms with Gasteiger partial charge in [-0.15, -0.1) is 0 Å². The molecule has 36 heavy (non-hydrogen) atoms. The number of β-lactam (4-membered cyclic amide) rings is 1. The van der Waals surface area contributed by atoms with Crippen molar-refractivity contribution in [2.75, 3.05) is 0 Å². The molecule has 7 heteroatoms. The van der Waals surface area contributed by atoms with Crippen molar-refractivity contribution >= 4 is 17.9 Å². The highest BCUT2D eigenvalue weighted by Crippen LogP contribution is 2.43. The van der Waals surface area contributed by atoms with E-state index in [1.165, 1.54) is 0 Å². The lowest BCUT2D eigenvalue weighted by molar-refractivity contribution is -0.160. The van der Waals surface area contributed by atoms with Crippen molar-refractivity contribution in [3.63, 3.8) is 0 Å².